The van der Waals surface area contributed by atoms with Crippen molar-refractivity contribution in [3.63, 3.8) is 0 Å². The first-order valence-electron chi connectivity index (χ1n) is 5.86. The molecule has 1 atom stereocenters. The molecule has 1 unspecified atom stereocenters. The number of carboxylic acids is 1. The molecule has 1 aromatic carbocycles. The summed E-state index contributed by atoms with van der Waals surface area (Å²) in [6, 6.07) is 2.75. The summed E-state index contributed by atoms with van der Waals surface area (Å²) < 4.78 is 26.7. The molecule has 0 heterocycles. The summed E-state index contributed by atoms with van der Waals surface area (Å²) in [5, 5.41) is 8.82. The lowest BCUT2D eigenvalue weighted by Crippen LogP contribution is -2.33. The van der Waals surface area contributed by atoms with Crippen LogP contribution in [-0.2, 0) is 4.79 Å². The number of halogens is 3. The van der Waals surface area contributed by atoms with Gasteiger partial charge in [0.25, 0.3) is 0 Å². The predicted octanol–water partition coefficient (Wildman–Crippen LogP) is 3.24. The highest BCUT2D eigenvalue weighted by atomic mass is 35.5. The first-order chi connectivity index (χ1) is 8.45. The van der Waals surface area contributed by atoms with Crippen LogP contribution in [0.3, 0.4) is 0 Å². The van der Waals surface area contributed by atoms with Crippen LogP contribution in [0.1, 0.15) is 31.9 Å². The van der Waals surface area contributed by atoms with Crippen molar-refractivity contribution in [1.29, 1.82) is 0 Å². The fraction of sp³-hybridized carbons (Fsp3) is 0.462. The molecule has 0 saturated heterocycles. The molecule has 0 aromatic heterocycles. The predicted molar refractivity (Wildman–Crippen MR) is 71.5 cm³/mol. The summed E-state index contributed by atoms with van der Waals surface area (Å²) >= 11 is 0. The largest absolute Gasteiger partial charge is 0.480 e. The number of aliphatic carboxylic acids is 1. The van der Waals surface area contributed by atoms with E-state index in [4.69, 9.17) is 5.11 Å². The summed E-state index contributed by atoms with van der Waals surface area (Å²) in [6.45, 7) is 3.91. The Bertz CT molecular complexity index is 429. The fourth-order valence-electron chi connectivity index (χ4n) is 1.90. The first-order valence-corrected chi connectivity index (χ1v) is 5.86. The molecule has 0 bridgehead atoms. The van der Waals surface area contributed by atoms with Crippen LogP contribution in [0.4, 0.5) is 8.78 Å². The van der Waals surface area contributed by atoms with Gasteiger partial charge in [0.1, 0.15) is 11.6 Å². The summed E-state index contributed by atoms with van der Waals surface area (Å²) in [5.74, 6) is -2.02. The second-order valence-electron chi connectivity index (χ2n) is 4.21. The van der Waals surface area contributed by atoms with E-state index < -0.39 is 23.6 Å². The van der Waals surface area contributed by atoms with E-state index in [1.54, 1.807) is 11.8 Å². The molecule has 0 radical (unpaired) electrons. The van der Waals surface area contributed by atoms with Crippen molar-refractivity contribution >= 4 is 18.4 Å². The Morgan fingerprint density at radius 3 is 2.58 bits per heavy atom. The Kier molecular flexibility index (Phi) is 7.56. The number of benzene rings is 1. The smallest absolute Gasteiger partial charge is 0.317 e. The van der Waals surface area contributed by atoms with E-state index in [0.29, 0.717) is 6.54 Å². The zero-order chi connectivity index (χ0) is 13.7. The molecule has 0 aliphatic heterocycles. The molecule has 1 rings (SSSR count). The highest BCUT2D eigenvalue weighted by molar-refractivity contribution is 5.85. The molecule has 6 heteroatoms. The van der Waals surface area contributed by atoms with Gasteiger partial charge in [-0.15, -0.1) is 12.4 Å². The molecule has 1 aromatic rings. The Morgan fingerprint density at radius 1 is 1.42 bits per heavy atom. The molecule has 0 saturated carbocycles. The van der Waals surface area contributed by atoms with Gasteiger partial charge in [0.05, 0.1) is 6.54 Å². The van der Waals surface area contributed by atoms with Crippen molar-refractivity contribution in [1.82, 2.24) is 4.90 Å². The zero-order valence-corrected chi connectivity index (χ0v) is 11.7. The third-order valence-electron chi connectivity index (χ3n) is 2.81. The van der Waals surface area contributed by atoms with Crippen LogP contribution >= 0.6 is 12.4 Å². The molecule has 0 fully saturated rings. The molecule has 0 aliphatic rings. The molecule has 0 aliphatic carbocycles. The third kappa shape index (κ3) is 5.12. The van der Waals surface area contributed by atoms with E-state index in [-0.39, 0.29) is 24.5 Å². The van der Waals surface area contributed by atoms with Crippen molar-refractivity contribution in [3.8, 4) is 0 Å². The maximum absolute atomic E-state index is 13.6. The van der Waals surface area contributed by atoms with Crippen LogP contribution in [0.15, 0.2) is 18.2 Å². The van der Waals surface area contributed by atoms with E-state index >= 15 is 0 Å². The number of hydrogen-bond acceptors (Lipinski definition) is 2. The molecule has 3 nitrogen and oxygen atoms in total. The van der Waals surface area contributed by atoms with E-state index in [1.807, 2.05) is 6.92 Å². The van der Waals surface area contributed by atoms with Gasteiger partial charge in [-0.05, 0) is 38.1 Å². The van der Waals surface area contributed by atoms with E-state index in [0.717, 1.165) is 24.6 Å². The Labute approximate surface area is 117 Å². The van der Waals surface area contributed by atoms with Gasteiger partial charge in [0, 0.05) is 11.6 Å². The van der Waals surface area contributed by atoms with Crippen molar-refractivity contribution in [2.45, 2.75) is 26.3 Å². The topological polar surface area (TPSA) is 40.5 Å². The lowest BCUT2D eigenvalue weighted by molar-refractivity contribution is -0.138. The van der Waals surface area contributed by atoms with Crippen molar-refractivity contribution < 1.29 is 18.7 Å². The lowest BCUT2D eigenvalue weighted by Gasteiger charge is -2.27. The summed E-state index contributed by atoms with van der Waals surface area (Å²) in [5.41, 5.74) is 0.185. The van der Waals surface area contributed by atoms with Gasteiger partial charge < -0.3 is 5.11 Å². The van der Waals surface area contributed by atoms with Gasteiger partial charge in [-0.2, -0.15) is 0 Å². The second-order valence-corrected chi connectivity index (χ2v) is 4.21. The average molecular weight is 294 g/mol. The molecule has 1 N–H and O–H groups in total. The number of nitrogens with zero attached hydrogens (tertiary/aromatic N) is 1. The van der Waals surface area contributed by atoms with Crippen LogP contribution in [0.2, 0.25) is 0 Å². The Morgan fingerprint density at radius 2 is 2.05 bits per heavy atom. The monoisotopic (exact) mass is 293 g/mol. The normalized spacial score (nSPS) is 12.1. The molecular weight excluding hydrogens is 276 g/mol. The van der Waals surface area contributed by atoms with Gasteiger partial charge in [-0.1, -0.05) is 6.92 Å². The van der Waals surface area contributed by atoms with Gasteiger partial charge in [0.15, 0.2) is 0 Å². The third-order valence-corrected chi connectivity index (χ3v) is 2.81. The molecule has 0 amide bonds. The minimum absolute atomic E-state index is 0. The average Bonchev–Trinajstić information content (AvgIpc) is 2.30. The van der Waals surface area contributed by atoms with E-state index in [1.165, 1.54) is 0 Å². The first kappa shape index (κ1) is 17.8. The maximum atomic E-state index is 13.6. The standard InChI is InChI=1S/C13H17F2NO2.ClH/c1-3-6-16(8-13(17)18)9(2)11-7-10(14)4-5-12(11)15;/h4-5,7,9H,3,6,8H2,1-2H3,(H,17,18);1H. The maximum Gasteiger partial charge on any atom is 0.317 e. The fourth-order valence-corrected chi connectivity index (χ4v) is 1.90. The summed E-state index contributed by atoms with van der Waals surface area (Å²) in [4.78, 5) is 12.4. The van der Waals surface area contributed by atoms with Gasteiger partial charge in [-0.25, -0.2) is 8.78 Å². The molecule has 0 spiro atoms. The molecular formula is C13H18ClF2NO2. The van der Waals surface area contributed by atoms with Crippen LogP contribution in [0.5, 0.6) is 0 Å². The summed E-state index contributed by atoms with van der Waals surface area (Å²) in [6.07, 6.45) is 0.745. The quantitative estimate of drug-likeness (QED) is 0.875. The Hall–Kier alpha value is -1.20. The second kappa shape index (κ2) is 8.07. The van der Waals surface area contributed by atoms with Crippen molar-refractivity contribution in [2.75, 3.05) is 13.1 Å². The Balaban J connectivity index is 0.00000324. The van der Waals surface area contributed by atoms with Crippen LogP contribution < -0.4 is 0 Å². The van der Waals surface area contributed by atoms with Crippen LogP contribution in [-0.4, -0.2) is 29.1 Å². The SMILES string of the molecule is CCCN(CC(=O)O)C(C)c1cc(F)ccc1F.Cl. The highest BCUT2D eigenvalue weighted by Gasteiger charge is 2.20. The number of rotatable bonds is 6. The lowest BCUT2D eigenvalue weighted by atomic mass is 10.1. The van der Waals surface area contributed by atoms with Gasteiger partial charge in [0.2, 0.25) is 0 Å². The highest BCUT2D eigenvalue weighted by Crippen LogP contribution is 2.23. The molecule has 108 valence electrons. The van der Waals surface area contributed by atoms with Crippen molar-refractivity contribution in [3.05, 3.63) is 35.4 Å². The van der Waals surface area contributed by atoms with Crippen molar-refractivity contribution in [2.24, 2.45) is 0 Å². The van der Waals surface area contributed by atoms with Crippen LogP contribution in [0, 0.1) is 11.6 Å². The zero-order valence-electron chi connectivity index (χ0n) is 10.9. The van der Waals surface area contributed by atoms with Gasteiger partial charge in [-0.3, -0.25) is 9.69 Å². The number of carboxylic acid groups (broad SMARTS) is 1. The number of hydrogen-bond donors (Lipinski definition) is 1. The summed E-state index contributed by atoms with van der Waals surface area (Å²) in [7, 11) is 0. The minimum Gasteiger partial charge on any atom is -0.480 e. The minimum atomic E-state index is -0.980. The molecule has 19 heavy (non-hydrogen) atoms. The van der Waals surface area contributed by atoms with Gasteiger partial charge >= 0.3 is 5.97 Å². The van der Waals surface area contributed by atoms with E-state index in [2.05, 4.69) is 0 Å². The number of carbonyl (C=O) groups is 1. The van der Waals surface area contributed by atoms with Crippen LogP contribution in [0.25, 0.3) is 0 Å². The van der Waals surface area contributed by atoms with E-state index in [9.17, 15) is 13.6 Å².